The molecule has 3 aromatic rings. The summed E-state index contributed by atoms with van der Waals surface area (Å²) in [5.41, 5.74) is 4.06. The van der Waals surface area contributed by atoms with Crippen LogP contribution in [0.3, 0.4) is 0 Å². The molecule has 1 aliphatic heterocycles. The number of aromatic amines is 1. The Morgan fingerprint density at radius 3 is 2.59 bits per heavy atom. The maximum atomic E-state index is 13.3. The predicted molar refractivity (Wildman–Crippen MR) is 154 cm³/mol. The number of carbonyl (C=O) groups excluding carboxylic acids is 2. The van der Waals surface area contributed by atoms with Crippen LogP contribution in [0.4, 0.5) is 16.2 Å². The highest BCUT2D eigenvalue weighted by Crippen LogP contribution is 2.37. The van der Waals surface area contributed by atoms with Crippen LogP contribution >= 0.6 is 0 Å². The number of sulfonamides is 1. The molecule has 0 spiro atoms. The molecule has 3 amide bonds. The molecule has 41 heavy (non-hydrogen) atoms. The van der Waals surface area contributed by atoms with Gasteiger partial charge in [-0.25, -0.2) is 17.9 Å². The third-order valence-electron chi connectivity index (χ3n) is 7.01. The number of carbonyl (C=O) groups is 3. The number of carboxylic acids is 1. The summed E-state index contributed by atoms with van der Waals surface area (Å²) in [5, 5.41) is 15.0. The number of hydrogen-bond donors (Lipinski definition) is 5. The van der Waals surface area contributed by atoms with Gasteiger partial charge < -0.3 is 25.6 Å². The van der Waals surface area contributed by atoms with Crippen molar-refractivity contribution in [3.05, 3.63) is 77.4 Å². The van der Waals surface area contributed by atoms with Crippen molar-refractivity contribution in [2.75, 3.05) is 23.4 Å². The first-order chi connectivity index (χ1) is 19.4. The number of nitrogens with one attached hydrogen (secondary N) is 4. The maximum absolute atomic E-state index is 13.3. The average molecular weight is 583 g/mol. The quantitative estimate of drug-likeness (QED) is 0.244. The number of nitrogens with zero attached hydrogens (tertiary/aromatic N) is 2. The molecular formula is C28H34N6O6S. The highest BCUT2D eigenvalue weighted by Gasteiger charge is 2.36. The lowest BCUT2D eigenvalue weighted by molar-refractivity contribution is -0.139. The lowest BCUT2D eigenvalue weighted by Gasteiger charge is -2.26. The molecule has 3 unspecified atom stereocenters. The molecule has 0 radical (unpaired) electrons. The largest absolute Gasteiger partial charge is 0.480 e. The Labute approximate surface area is 238 Å². The maximum Gasteiger partial charge on any atom is 0.323 e. The third kappa shape index (κ3) is 7.92. The van der Waals surface area contributed by atoms with Crippen molar-refractivity contribution >= 4 is 39.3 Å². The number of urea groups is 1. The van der Waals surface area contributed by atoms with E-state index in [-0.39, 0.29) is 30.7 Å². The van der Waals surface area contributed by atoms with E-state index < -0.39 is 28.1 Å². The van der Waals surface area contributed by atoms with E-state index in [1.54, 1.807) is 29.3 Å². The van der Waals surface area contributed by atoms with Crippen LogP contribution in [0.15, 0.2) is 54.9 Å². The van der Waals surface area contributed by atoms with Gasteiger partial charge in [-0.05, 0) is 54.7 Å². The smallest absolute Gasteiger partial charge is 0.323 e. The van der Waals surface area contributed by atoms with E-state index in [1.165, 1.54) is 6.20 Å². The number of benzene rings is 1. The number of aliphatic carboxylic acids is 1. The second-order valence-corrected chi connectivity index (χ2v) is 12.1. The van der Waals surface area contributed by atoms with Crippen molar-refractivity contribution in [3.63, 3.8) is 0 Å². The van der Waals surface area contributed by atoms with Crippen LogP contribution in [-0.4, -0.2) is 65.1 Å². The van der Waals surface area contributed by atoms with E-state index in [1.807, 2.05) is 38.1 Å². The van der Waals surface area contributed by atoms with E-state index in [4.69, 9.17) is 0 Å². The van der Waals surface area contributed by atoms with Gasteiger partial charge in [0.05, 0.1) is 30.6 Å². The molecule has 3 heterocycles. The minimum atomic E-state index is -3.70. The van der Waals surface area contributed by atoms with Crippen molar-refractivity contribution < 1.29 is 27.9 Å². The van der Waals surface area contributed by atoms with Gasteiger partial charge in [-0.3, -0.25) is 14.6 Å². The Kier molecular flexibility index (Phi) is 9.08. The molecule has 0 aliphatic carbocycles. The number of pyridine rings is 1. The zero-order valence-electron chi connectivity index (χ0n) is 23.0. The van der Waals surface area contributed by atoms with Crippen LogP contribution in [0.1, 0.15) is 41.9 Å². The number of rotatable bonds is 10. The van der Waals surface area contributed by atoms with Gasteiger partial charge >= 0.3 is 12.0 Å². The van der Waals surface area contributed by atoms with Crippen molar-refractivity contribution in [3.8, 4) is 0 Å². The first kappa shape index (κ1) is 29.7. The summed E-state index contributed by atoms with van der Waals surface area (Å²) >= 11 is 0. The van der Waals surface area contributed by atoms with Crippen LogP contribution < -0.4 is 15.4 Å². The number of para-hydroxylation sites is 1. The highest BCUT2D eigenvalue weighted by molar-refractivity contribution is 7.88. The van der Waals surface area contributed by atoms with Gasteiger partial charge in [0.2, 0.25) is 15.9 Å². The minimum absolute atomic E-state index is 0.0404. The molecule has 4 rings (SSSR count). The molecule has 3 atom stereocenters. The first-order valence-electron chi connectivity index (χ1n) is 13.1. The van der Waals surface area contributed by atoms with Crippen molar-refractivity contribution in [1.82, 2.24) is 19.6 Å². The van der Waals surface area contributed by atoms with Gasteiger partial charge in [-0.15, -0.1) is 0 Å². The number of carboxylic acid groups (broad SMARTS) is 1. The Bertz CT molecular complexity index is 1520. The zero-order valence-corrected chi connectivity index (χ0v) is 23.9. The summed E-state index contributed by atoms with van der Waals surface area (Å²) in [6.45, 7) is 4.51. The summed E-state index contributed by atoms with van der Waals surface area (Å²) in [6, 6.07) is 10.7. The molecule has 13 heteroatoms. The molecule has 1 fully saturated rings. The number of amides is 3. The monoisotopic (exact) mass is 582 g/mol. The lowest BCUT2D eigenvalue weighted by atomic mass is 9.99. The van der Waals surface area contributed by atoms with E-state index >= 15 is 0 Å². The van der Waals surface area contributed by atoms with Crippen molar-refractivity contribution in [2.45, 2.75) is 45.2 Å². The van der Waals surface area contributed by atoms with Gasteiger partial charge in [-0.1, -0.05) is 25.1 Å². The molecular weight excluding hydrogens is 548 g/mol. The van der Waals surface area contributed by atoms with Crippen LogP contribution in [-0.2, 0) is 32.5 Å². The normalized spacial score (nSPS) is 17.7. The summed E-state index contributed by atoms with van der Waals surface area (Å²) < 4.78 is 25.2. The molecule has 5 N–H and O–H groups in total. The van der Waals surface area contributed by atoms with Crippen LogP contribution in [0.5, 0.6) is 0 Å². The molecule has 2 aromatic heterocycles. The van der Waals surface area contributed by atoms with E-state index in [2.05, 4.69) is 25.3 Å². The fourth-order valence-corrected chi connectivity index (χ4v) is 5.68. The molecule has 218 valence electrons. The molecule has 1 aliphatic rings. The van der Waals surface area contributed by atoms with Gasteiger partial charge in [0.1, 0.15) is 6.04 Å². The Hall–Kier alpha value is -4.23. The number of anilines is 2. The number of likely N-dealkylation sites (tertiary alicyclic amines) is 1. The lowest BCUT2D eigenvalue weighted by Crippen LogP contribution is -2.41. The van der Waals surface area contributed by atoms with Crippen LogP contribution in [0, 0.1) is 12.8 Å². The number of hydrogen-bond acceptors (Lipinski definition) is 6. The van der Waals surface area contributed by atoms with E-state index in [9.17, 15) is 27.9 Å². The second-order valence-electron chi connectivity index (χ2n) is 10.4. The van der Waals surface area contributed by atoms with Gasteiger partial charge in [0.25, 0.3) is 0 Å². The Morgan fingerprint density at radius 1 is 1.17 bits per heavy atom. The number of aromatic nitrogens is 2. The standard InChI is InChI=1S/C28H34N6O6S/c1-17-6-4-5-7-22(17)32-28(38)31-21-9-8-20(29-16-21)14-25(35)34-11-10-18(2)26(34)23-12-19(15-30-23)13-24(27(36)37)33-41(3,39)40/h4-9,12,15-16,18,24,26,30,33H,10-11,13-14H2,1-3H3,(H,36,37)(H2,31,32,38). The fourth-order valence-electron chi connectivity index (χ4n) is 4.98. The van der Waals surface area contributed by atoms with Gasteiger partial charge in [0, 0.05) is 36.2 Å². The van der Waals surface area contributed by atoms with Gasteiger partial charge in [0.15, 0.2) is 0 Å². The predicted octanol–water partition coefficient (Wildman–Crippen LogP) is 3.06. The average Bonchev–Trinajstić information content (AvgIpc) is 3.51. The zero-order chi connectivity index (χ0) is 29.7. The molecule has 0 saturated carbocycles. The summed E-state index contributed by atoms with van der Waals surface area (Å²) in [6.07, 6.45) is 4.89. The molecule has 12 nitrogen and oxygen atoms in total. The van der Waals surface area contributed by atoms with E-state index in [0.29, 0.717) is 29.2 Å². The van der Waals surface area contributed by atoms with Crippen molar-refractivity contribution in [2.24, 2.45) is 5.92 Å². The Morgan fingerprint density at radius 2 is 1.93 bits per heavy atom. The summed E-state index contributed by atoms with van der Waals surface area (Å²) in [4.78, 5) is 46.5. The number of aryl methyl sites for hydroxylation is 1. The van der Waals surface area contributed by atoms with Crippen LogP contribution in [0.25, 0.3) is 0 Å². The van der Waals surface area contributed by atoms with E-state index in [0.717, 1.165) is 23.9 Å². The fraction of sp³-hybridized carbons (Fsp3) is 0.357. The van der Waals surface area contributed by atoms with Gasteiger partial charge in [-0.2, -0.15) is 0 Å². The topological polar surface area (TPSA) is 174 Å². The summed E-state index contributed by atoms with van der Waals surface area (Å²) in [5.74, 6) is -1.23. The van der Waals surface area contributed by atoms with Crippen molar-refractivity contribution in [1.29, 1.82) is 0 Å². The minimum Gasteiger partial charge on any atom is -0.480 e. The molecule has 1 saturated heterocycles. The highest BCUT2D eigenvalue weighted by atomic mass is 32.2. The SMILES string of the molecule is Cc1ccccc1NC(=O)Nc1ccc(CC(=O)N2CCC(C)C2c2cc(CC(NS(C)(=O)=O)C(=O)O)c[nH]2)nc1. The Balaban J connectivity index is 1.37. The van der Waals surface area contributed by atoms with Crippen LogP contribution in [0.2, 0.25) is 0 Å². The first-order valence-corrected chi connectivity index (χ1v) is 15.0. The molecule has 0 bridgehead atoms. The molecule has 1 aromatic carbocycles. The summed E-state index contributed by atoms with van der Waals surface area (Å²) in [7, 11) is -3.70. The second kappa shape index (κ2) is 12.5. The number of H-pyrrole nitrogens is 1. The third-order valence-corrected chi connectivity index (χ3v) is 7.72.